The van der Waals surface area contributed by atoms with Crippen molar-refractivity contribution >= 4 is 32.4 Å². The number of hydrogen-bond acceptors (Lipinski definition) is 7. The van der Waals surface area contributed by atoms with E-state index < -0.39 is 10.0 Å². The summed E-state index contributed by atoms with van der Waals surface area (Å²) in [6.45, 7) is 0.221. The van der Waals surface area contributed by atoms with Crippen LogP contribution in [0.25, 0.3) is 11.4 Å². The fourth-order valence-electron chi connectivity index (χ4n) is 2.65. The van der Waals surface area contributed by atoms with Crippen molar-refractivity contribution in [1.82, 2.24) is 14.3 Å². The Morgan fingerprint density at radius 1 is 1.17 bits per heavy atom. The van der Waals surface area contributed by atoms with Crippen LogP contribution in [0.3, 0.4) is 0 Å². The number of hydrogen-bond donors (Lipinski definition) is 1. The van der Waals surface area contributed by atoms with Gasteiger partial charge < -0.3 is 10.1 Å². The first-order valence-corrected chi connectivity index (χ1v) is 11.5. The Hall–Kier alpha value is -2.82. The standard InChI is InChI=1S/C20H22N4O4S2/c1-24(30(26,27)16-10-8-15(28-2)9-11-16)13-5-7-19(25)23-20-22-18(14-29-20)17-6-3-4-12-21-17/h3-4,6,8-12,14H,5,7,13H2,1-2H3,(H,22,23,25). The lowest BCUT2D eigenvalue weighted by atomic mass is 10.3. The second kappa shape index (κ2) is 9.79. The molecule has 2 heterocycles. The summed E-state index contributed by atoms with van der Waals surface area (Å²) in [6.07, 6.45) is 2.25. The molecule has 0 aliphatic rings. The van der Waals surface area contributed by atoms with E-state index in [4.69, 9.17) is 4.74 Å². The predicted molar refractivity (Wildman–Crippen MR) is 116 cm³/mol. The van der Waals surface area contributed by atoms with Gasteiger partial charge in [-0.2, -0.15) is 0 Å². The zero-order valence-electron chi connectivity index (χ0n) is 16.6. The number of pyridine rings is 1. The highest BCUT2D eigenvalue weighted by Gasteiger charge is 2.20. The van der Waals surface area contributed by atoms with Crippen LogP contribution in [0.2, 0.25) is 0 Å². The van der Waals surface area contributed by atoms with E-state index in [0.29, 0.717) is 23.0 Å². The Balaban J connectivity index is 1.49. The SMILES string of the molecule is COc1ccc(S(=O)(=O)N(C)CCCC(=O)Nc2nc(-c3ccccn3)cs2)cc1. The van der Waals surface area contributed by atoms with Crippen LogP contribution < -0.4 is 10.1 Å². The molecule has 1 N–H and O–H groups in total. The highest BCUT2D eigenvalue weighted by molar-refractivity contribution is 7.89. The number of aromatic nitrogens is 2. The molecule has 30 heavy (non-hydrogen) atoms. The van der Waals surface area contributed by atoms with Gasteiger partial charge in [0.05, 0.1) is 17.7 Å². The summed E-state index contributed by atoms with van der Waals surface area (Å²) in [7, 11) is -0.602. The molecule has 0 unspecified atom stereocenters. The third kappa shape index (κ3) is 5.41. The summed E-state index contributed by atoms with van der Waals surface area (Å²) in [5.41, 5.74) is 1.43. The van der Waals surface area contributed by atoms with Crippen molar-refractivity contribution in [2.24, 2.45) is 0 Å². The number of sulfonamides is 1. The first-order chi connectivity index (χ1) is 14.4. The van der Waals surface area contributed by atoms with E-state index in [1.165, 1.54) is 41.9 Å². The van der Waals surface area contributed by atoms with Crippen LogP contribution in [0.5, 0.6) is 5.75 Å². The Morgan fingerprint density at radius 2 is 1.93 bits per heavy atom. The fraction of sp³-hybridized carbons (Fsp3) is 0.250. The number of benzene rings is 1. The average Bonchev–Trinajstić information content (AvgIpc) is 3.22. The second-order valence-corrected chi connectivity index (χ2v) is 9.31. The van der Waals surface area contributed by atoms with Gasteiger partial charge in [0.2, 0.25) is 15.9 Å². The van der Waals surface area contributed by atoms with Gasteiger partial charge in [0.15, 0.2) is 5.13 Å². The normalized spacial score (nSPS) is 11.4. The Bertz CT molecular complexity index is 1080. The molecule has 10 heteroatoms. The van der Waals surface area contributed by atoms with E-state index in [1.807, 2.05) is 23.6 Å². The first kappa shape index (κ1) is 21.9. The summed E-state index contributed by atoms with van der Waals surface area (Å²) < 4.78 is 31.5. The summed E-state index contributed by atoms with van der Waals surface area (Å²) in [5.74, 6) is 0.369. The number of anilines is 1. The van der Waals surface area contributed by atoms with Crippen LogP contribution in [0.4, 0.5) is 5.13 Å². The van der Waals surface area contributed by atoms with Gasteiger partial charge in [0.25, 0.3) is 0 Å². The minimum atomic E-state index is -3.62. The van der Waals surface area contributed by atoms with Crippen molar-refractivity contribution in [2.75, 3.05) is 26.0 Å². The van der Waals surface area contributed by atoms with Crippen LogP contribution in [0.15, 0.2) is 58.9 Å². The number of nitrogens with one attached hydrogen (secondary N) is 1. The lowest BCUT2D eigenvalue weighted by Gasteiger charge is -2.17. The van der Waals surface area contributed by atoms with Crippen LogP contribution >= 0.6 is 11.3 Å². The van der Waals surface area contributed by atoms with Gasteiger partial charge in [-0.3, -0.25) is 9.78 Å². The van der Waals surface area contributed by atoms with Gasteiger partial charge in [-0.25, -0.2) is 17.7 Å². The molecule has 3 rings (SSSR count). The quantitative estimate of drug-likeness (QED) is 0.541. The molecule has 1 aromatic carbocycles. The molecular formula is C20H22N4O4S2. The largest absolute Gasteiger partial charge is 0.497 e. The van der Waals surface area contributed by atoms with Gasteiger partial charge in [0, 0.05) is 31.6 Å². The molecule has 0 bridgehead atoms. The number of nitrogens with zero attached hydrogens (tertiary/aromatic N) is 3. The third-order valence-corrected chi connectivity index (χ3v) is 6.95. The lowest BCUT2D eigenvalue weighted by Crippen LogP contribution is -2.28. The van der Waals surface area contributed by atoms with Gasteiger partial charge in [-0.1, -0.05) is 6.07 Å². The number of carbonyl (C=O) groups is 1. The third-order valence-electron chi connectivity index (χ3n) is 4.32. The molecule has 0 aliphatic carbocycles. The molecule has 0 saturated heterocycles. The van der Waals surface area contributed by atoms with E-state index in [2.05, 4.69) is 15.3 Å². The maximum atomic E-state index is 12.6. The van der Waals surface area contributed by atoms with E-state index in [0.717, 1.165) is 5.69 Å². The summed E-state index contributed by atoms with van der Waals surface area (Å²) in [6, 6.07) is 11.7. The van der Waals surface area contributed by atoms with Crippen molar-refractivity contribution in [3.05, 3.63) is 54.0 Å². The van der Waals surface area contributed by atoms with Crippen molar-refractivity contribution in [1.29, 1.82) is 0 Å². The highest BCUT2D eigenvalue weighted by atomic mass is 32.2. The van der Waals surface area contributed by atoms with Crippen LogP contribution in [-0.2, 0) is 14.8 Å². The predicted octanol–water partition coefficient (Wildman–Crippen LogP) is 3.25. The molecule has 158 valence electrons. The maximum absolute atomic E-state index is 12.6. The Kier molecular flexibility index (Phi) is 7.14. The van der Waals surface area contributed by atoms with Crippen molar-refractivity contribution in [3.63, 3.8) is 0 Å². The molecule has 0 aliphatic heterocycles. The zero-order chi connectivity index (χ0) is 21.6. The van der Waals surface area contributed by atoms with Gasteiger partial charge in [-0.15, -0.1) is 11.3 Å². The fourth-order valence-corrected chi connectivity index (χ4v) is 4.58. The number of ether oxygens (including phenoxy) is 1. The molecule has 1 amide bonds. The van der Waals surface area contributed by atoms with Crippen molar-refractivity contribution < 1.29 is 17.9 Å². The van der Waals surface area contributed by atoms with E-state index in [1.54, 1.807) is 18.3 Å². The smallest absolute Gasteiger partial charge is 0.242 e. The number of thiazole rings is 1. The molecular weight excluding hydrogens is 424 g/mol. The molecule has 3 aromatic rings. The summed E-state index contributed by atoms with van der Waals surface area (Å²) in [4.78, 5) is 21.0. The van der Waals surface area contributed by atoms with Crippen LogP contribution in [0.1, 0.15) is 12.8 Å². The minimum absolute atomic E-state index is 0.181. The molecule has 2 aromatic heterocycles. The average molecular weight is 447 g/mol. The van der Waals surface area contributed by atoms with E-state index in [9.17, 15) is 13.2 Å². The van der Waals surface area contributed by atoms with Gasteiger partial charge in [-0.05, 0) is 42.8 Å². The molecule has 8 nitrogen and oxygen atoms in total. The molecule has 0 saturated carbocycles. The minimum Gasteiger partial charge on any atom is -0.497 e. The molecule has 0 atom stereocenters. The number of carbonyl (C=O) groups excluding carboxylic acids is 1. The first-order valence-electron chi connectivity index (χ1n) is 9.17. The Morgan fingerprint density at radius 3 is 2.60 bits per heavy atom. The maximum Gasteiger partial charge on any atom is 0.242 e. The van der Waals surface area contributed by atoms with Crippen LogP contribution in [-0.4, -0.2) is 49.3 Å². The lowest BCUT2D eigenvalue weighted by molar-refractivity contribution is -0.116. The number of rotatable bonds is 9. The van der Waals surface area contributed by atoms with Crippen LogP contribution in [0, 0.1) is 0 Å². The number of amides is 1. The number of methoxy groups -OCH3 is 1. The monoisotopic (exact) mass is 446 g/mol. The summed E-state index contributed by atoms with van der Waals surface area (Å²) in [5, 5.41) is 5.06. The van der Waals surface area contributed by atoms with Crippen molar-refractivity contribution in [2.45, 2.75) is 17.7 Å². The zero-order valence-corrected chi connectivity index (χ0v) is 18.2. The summed E-state index contributed by atoms with van der Waals surface area (Å²) >= 11 is 1.32. The highest BCUT2D eigenvalue weighted by Crippen LogP contribution is 2.23. The van der Waals surface area contributed by atoms with Gasteiger partial charge >= 0.3 is 0 Å². The van der Waals surface area contributed by atoms with E-state index in [-0.39, 0.29) is 23.8 Å². The second-order valence-electron chi connectivity index (χ2n) is 6.41. The molecule has 0 fully saturated rings. The van der Waals surface area contributed by atoms with E-state index >= 15 is 0 Å². The Labute approximate surface area is 179 Å². The topological polar surface area (TPSA) is 101 Å². The van der Waals surface area contributed by atoms with Gasteiger partial charge in [0.1, 0.15) is 11.4 Å². The van der Waals surface area contributed by atoms with Crippen molar-refractivity contribution in [3.8, 4) is 17.1 Å². The molecule has 0 radical (unpaired) electrons. The molecule has 0 spiro atoms.